The van der Waals surface area contributed by atoms with Crippen LogP contribution in [-0.4, -0.2) is 32.2 Å². The smallest absolute Gasteiger partial charge is 0.226 e. The largest absolute Gasteiger partial charge is 0.363 e. The first-order chi connectivity index (χ1) is 9.80. The van der Waals surface area contributed by atoms with Crippen LogP contribution in [0, 0.1) is 0 Å². The summed E-state index contributed by atoms with van der Waals surface area (Å²) >= 11 is 1.71. The van der Waals surface area contributed by atoms with Gasteiger partial charge in [-0.3, -0.25) is 5.10 Å². The van der Waals surface area contributed by atoms with E-state index in [9.17, 15) is 0 Å². The molecule has 0 fully saturated rings. The van der Waals surface area contributed by atoms with Crippen LogP contribution < -0.4 is 10.6 Å². The van der Waals surface area contributed by atoms with Crippen molar-refractivity contribution in [2.75, 3.05) is 17.7 Å². The zero-order valence-electron chi connectivity index (χ0n) is 11.3. The van der Waals surface area contributed by atoms with Crippen molar-refractivity contribution in [3.8, 4) is 0 Å². The van der Waals surface area contributed by atoms with Gasteiger partial charge in [-0.05, 0) is 6.42 Å². The summed E-state index contributed by atoms with van der Waals surface area (Å²) in [5.74, 6) is 1.30. The Balaban J connectivity index is 1.84. The number of nitrogens with zero attached hydrogens (tertiary/aromatic N) is 4. The van der Waals surface area contributed by atoms with Crippen LogP contribution in [-0.2, 0) is 13.0 Å². The first kappa shape index (κ1) is 12.8. The van der Waals surface area contributed by atoms with Crippen molar-refractivity contribution in [3.05, 3.63) is 22.3 Å². The third kappa shape index (κ3) is 2.42. The van der Waals surface area contributed by atoms with Crippen molar-refractivity contribution in [3.63, 3.8) is 0 Å². The SMILES string of the molecule is CCc1cnc(CNc2nc(NC)nc3[nH]ncc23)s1. The Labute approximate surface area is 119 Å². The van der Waals surface area contributed by atoms with Gasteiger partial charge in [-0.2, -0.15) is 15.1 Å². The maximum Gasteiger partial charge on any atom is 0.226 e. The van der Waals surface area contributed by atoms with Crippen molar-refractivity contribution in [1.29, 1.82) is 0 Å². The predicted molar refractivity (Wildman–Crippen MR) is 80.0 cm³/mol. The van der Waals surface area contributed by atoms with E-state index in [1.807, 2.05) is 6.20 Å². The zero-order chi connectivity index (χ0) is 13.9. The molecule has 7 nitrogen and oxygen atoms in total. The highest BCUT2D eigenvalue weighted by atomic mass is 32.1. The zero-order valence-corrected chi connectivity index (χ0v) is 12.1. The summed E-state index contributed by atoms with van der Waals surface area (Å²) in [6.07, 6.45) is 4.66. The van der Waals surface area contributed by atoms with E-state index in [4.69, 9.17) is 0 Å². The third-order valence-electron chi connectivity index (χ3n) is 2.89. The van der Waals surface area contributed by atoms with Crippen molar-refractivity contribution in [1.82, 2.24) is 25.1 Å². The van der Waals surface area contributed by atoms with Gasteiger partial charge in [0.05, 0.1) is 18.1 Å². The maximum absolute atomic E-state index is 4.42. The lowest BCUT2D eigenvalue weighted by molar-refractivity contribution is 1.06. The number of rotatable bonds is 5. The number of aryl methyl sites for hydroxylation is 1. The number of hydrogen-bond acceptors (Lipinski definition) is 7. The minimum atomic E-state index is 0.553. The normalized spacial score (nSPS) is 10.9. The van der Waals surface area contributed by atoms with Gasteiger partial charge in [-0.15, -0.1) is 11.3 Å². The second-order valence-corrected chi connectivity index (χ2v) is 5.41. The van der Waals surface area contributed by atoms with Gasteiger partial charge in [0.1, 0.15) is 10.8 Å². The first-order valence-corrected chi connectivity index (χ1v) is 7.18. The van der Waals surface area contributed by atoms with Gasteiger partial charge in [-0.25, -0.2) is 4.98 Å². The van der Waals surface area contributed by atoms with Crippen LogP contribution in [0.2, 0.25) is 0 Å². The highest BCUT2D eigenvalue weighted by molar-refractivity contribution is 7.11. The number of H-pyrrole nitrogens is 1. The Morgan fingerprint density at radius 3 is 2.95 bits per heavy atom. The van der Waals surface area contributed by atoms with E-state index in [-0.39, 0.29) is 0 Å². The highest BCUT2D eigenvalue weighted by Crippen LogP contribution is 2.21. The molecule has 8 heteroatoms. The Morgan fingerprint density at radius 1 is 1.30 bits per heavy atom. The number of hydrogen-bond donors (Lipinski definition) is 3. The number of fused-ring (bicyclic) bond motifs is 1. The average molecular weight is 289 g/mol. The minimum Gasteiger partial charge on any atom is -0.363 e. The lowest BCUT2D eigenvalue weighted by Gasteiger charge is -2.06. The van der Waals surface area contributed by atoms with E-state index in [2.05, 4.69) is 42.7 Å². The molecule has 3 heterocycles. The standard InChI is InChI=1S/C12H15N7S/c1-3-7-4-14-9(20-7)6-15-10-8-5-16-19-11(8)18-12(13-2)17-10/h4-5H,3,6H2,1-2H3,(H3,13,15,16,17,18,19). The van der Waals surface area contributed by atoms with Crippen molar-refractivity contribution in [2.24, 2.45) is 0 Å². The van der Waals surface area contributed by atoms with Gasteiger partial charge in [0.15, 0.2) is 5.65 Å². The van der Waals surface area contributed by atoms with Crippen LogP contribution in [0.25, 0.3) is 11.0 Å². The van der Waals surface area contributed by atoms with E-state index in [1.54, 1.807) is 24.6 Å². The number of anilines is 2. The molecule has 0 bridgehead atoms. The fraction of sp³-hybridized carbons (Fsp3) is 0.333. The lowest BCUT2D eigenvalue weighted by Crippen LogP contribution is -2.05. The topological polar surface area (TPSA) is 91.4 Å². The Morgan fingerprint density at radius 2 is 2.20 bits per heavy atom. The summed E-state index contributed by atoms with van der Waals surface area (Å²) in [5.41, 5.74) is 0.709. The van der Waals surface area contributed by atoms with E-state index in [1.165, 1.54) is 4.88 Å². The summed E-state index contributed by atoms with van der Waals surface area (Å²) in [7, 11) is 1.79. The molecule has 0 amide bonds. The predicted octanol–water partition coefficient (Wildman–Crippen LogP) is 2.03. The summed E-state index contributed by atoms with van der Waals surface area (Å²) in [6.45, 7) is 2.77. The number of nitrogens with one attached hydrogen (secondary N) is 3. The van der Waals surface area contributed by atoms with Crippen LogP contribution in [0.15, 0.2) is 12.4 Å². The Bertz CT molecular complexity index is 717. The van der Waals surface area contributed by atoms with Gasteiger partial charge < -0.3 is 10.6 Å². The van der Waals surface area contributed by atoms with E-state index in [0.717, 1.165) is 22.6 Å². The summed E-state index contributed by atoms with van der Waals surface area (Å²) < 4.78 is 0. The van der Waals surface area contributed by atoms with E-state index in [0.29, 0.717) is 18.1 Å². The maximum atomic E-state index is 4.42. The fourth-order valence-electron chi connectivity index (χ4n) is 1.83. The molecule has 0 aliphatic carbocycles. The summed E-state index contributed by atoms with van der Waals surface area (Å²) in [5, 5.41) is 15.0. The third-order valence-corrected chi connectivity index (χ3v) is 4.03. The van der Waals surface area contributed by atoms with Crippen molar-refractivity contribution in [2.45, 2.75) is 19.9 Å². The number of aromatic amines is 1. The quantitative estimate of drug-likeness (QED) is 0.665. The minimum absolute atomic E-state index is 0.553. The molecule has 3 N–H and O–H groups in total. The molecule has 3 aromatic heterocycles. The molecule has 0 saturated heterocycles. The molecule has 0 aliphatic rings. The van der Waals surface area contributed by atoms with Gasteiger partial charge in [0.2, 0.25) is 5.95 Å². The van der Waals surface area contributed by atoms with Crippen LogP contribution in [0.5, 0.6) is 0 Å². The first-order valence-electron chi connectivity index (χ1n) is 6.36. The van der Waals surface area contributed by atoms with Crippen LogP contribution in [0.1, 0.15) is 16.8 Å². The molecular formula is C12H15N7S. The highest BCUT2D eigenvalue weighted by Gasteiger charge is 2.09. The number of thiazole rings is 1. The number of aromatic nitrogens is 5. The van der Waals surface area contributed by atoms with E-state index < -0.39 is 0 Å². The fourth-order valence-corrected chi connectivity index (χ4v) is 2.64. The van der Waals surface area contributed by atoms with Gasteiger partial charge >= 0.3 is 0 Å². The van der Waals surface area contributed by atoms with Gasteiger partial charge in [0.25, 0.3) is 0 Å². The molecule has 3 aromatic rings. The molecule has 3 rings (SSSR count). The second kappa shape index (κ2) is 5.41. The van der Waals surface area contributed by atoms with Gasteiger partial charge in [0, 0.05) is 18.1 Å². The summed E-state index contributed by atoms with van der Waals surface area (Å²) in [6, 6.07) is 0. The van der Waals surface area contributed by atoms with Crippen LogP contribution >= 0.6 is 11.3 Å². The average Bonchev–Trinajstić information content (AvgIpc) is 3.12. The molecule has 0 aliphatic heterocycles. The molecule has 104 valence electrons. The van der Waals surface area contributed by atoms with Crippen molar-refractivity contribution >= 4 is 34.1 Å². The monoisotopic (exact) mass is 289 g/mol. The van der Waals surface area contributed by atoms with Crippen LogP contribution in [0.3, 0.4) is 0 Å². The molecule has 0 saturated carbocycles. The second-order valence-electron chi connectivity index (χ2n) is 4.21. The Kier molecular flexibility index (Phi) is 3.46. The van der Waals surface area contributed by atoms with E-state index >= 15 is 0 Å². The summed E-state index contributed by atoms with van der Waals surface area (Å²) in [4.78, 5) is 14.4. The van der Waals surface area contributed by atoms with Gasteiger partial charge in [-0.1, -0.05) is 6.92 Å². The van der Waals surface area contributed by atoms with Crippen molar-refractivity contribution < 1.29 is 0 Å². The molecular weight excluding hydrogens is 274 g/mol. The molecule has 0 aromatic carbocycles. The molecule has 0 unspecified atom stereocenters. The Hall–Kier alpha value is -2.22. The molecule has 0 radical (unpaired) electrons. The molecule has 0 atom stereocenters. The molecule has 0 spiro atoms. The van der Waals surface area contributed by atoms with Crippen LogP contribution in [0.4, 0.5) is 11.8 Å². The lowest BCUT2D eigenvalue weighted by atomic mass is 10.4. The molecule has 20 heavy (non-hydrogen) atoms.